The number of thioether (sulfide) groups is 1. The van der Waals surface area contributed by atoms with E-state index in [1.807, 2.05) is 4.90 Å². The standard InChI is InChI=1S/C14H26N2OS/c1-18-9-7-13(15)14(17)16-8-6-11-4-2-3-5-12(11)10-16/h11-13H,2-10,15H2,1H3/t11?,12?,13-/m0/s1. The molecule has 1 saturated heterocycles. The molecule has 0 bridgehead atoms. The summed E-state index contributed by atoms with van der Waals surface area (Å²) >= 11 is 1.76. The Kier molecular flexibility index (Phi) is 5.37. The van der Waals surface area contributed by atoms with Gasteiger partial charge in [0.2, 0.25) is 5.91 Å². The molecule has 18 heavy (non-hydrogen) atoms. The van der Waals surface area contributed by atoms with E-state index >= 15 is 0 Å². The van der Waals surface area contributed by atoms with Crippen molar-refractivity contribution in [1.29, 1.82) is 0 Å². The summed E-state index contributed by atoms with van der Waals surface area (Å²) in [6.45, 7) is 1.91. The van der Waals surface area contributed by atoms with Gasteiger partial charge in [-0.1, -0.05) is 19.3 Å². The molecule has 1 saturated carbocycles. The number of amides is 1. The van der Waals surface area contributed by atoms with Gasteiger partial charge < -0.3 is 10.6 Å². The molecule has 1 aliphatic heterocycles. The average Bonchev–Trinajstić information content (AvgIpc) is 2.43. The first kappa shape index (κ1) is 14.2. The summed E-state index contributed by atoms with van der Waals surface area (Å²) in [5, 5.41) is 0. The van der Waals surface area contributed by atoms with Crippen LogP contribution in [0.1, 0.15) is 38.5 Å². The van der Waals surface area contributed by atoms with Gasteiger partial charge in [-0.2, -0.15) is 11.8 Å². The molecule has 4 heteroatoms. The Bertz CT molecular complexity index is 285. The third-order valence-electron chi connectivity index (χ3n) is 4.55. The Balaban J connectivity index is 1.84. The van der Waals surface area contributed by atoms with Gasteiger partial charge in [0.25, 0.3) is 0 Å². The highest BCUT2D eigenvalue weighted by molar-refractivity contribution is 7.98. The minimum atomic E-state index is -0.280. The third kappa shape index (κ3) is 3.41. The summed E-state index contributed by atoms with van der Waals surface area (Å²) in [5.74, 6) is 2.80. The number of fused-ring (bicyclic) bond motifs is 1. The summed E-state index contributed by atoms with van der Waals surface area (Å²) < 4.78 is 0. The van der Waals surface area contributed by atoms with Gasteiger partial charge >= 0.3 is 0 Å². The van der Waals surface area contributed by atoms with Crippen LogP contribution in [0.15, 0.2) is 0 Å². The first-order chi connectivity index (χ1) is 8.72. The van der Waals surface area contributed by atoms with E-state index in [0.29, 0.717) is 0 Å². The van der Waals surface area contributed by atoms with Crippen molar-refractivity contribution in [3.63, 3.8) is 0 Å². The van der Waals surface area contributed by atoms with Crippen LogP contribution in [0.3, 0.4) is 0 Å². The largest absolute Gasteiger partial charge is 0.341 e. The first-order valence-corrected chi connectivity index (χ1v) is 8.65. The molecule has 0 spiro atoms. The molecule has 0 radical (unpaired) electrons. The summed E-state index contributed by atoms with van der Waals surface area (Å²) in [4.78, 5) is 14.3. The van der Waals surface area contributed by atoms with E-state index in [1.54, 1.807) is 11.8 Å². The van der Waals surface area contributed by atoms with Crippen molar-refractivity contribution in [3.05, 3.63) is 0 Å². The monoisotopic (exact) mass is 270 g/mol. The second-order valence-corrected chi connectivity index (χ2v) is 6.75. The lowest BCUT2D eigenvalue weighted by atomic mass is 9.75. The lowest BCUT2D eigenvalue weighted by Gasteiger charge is -2.42. The van der Waals surface area contributed by atoms with Crippen molar-refractivity contribution in [2.75, 3.05) is 25.1 Å². The predicted molar refractivity (Wildman–Crippen MR) is 77.6 cm³/mol. The van der Waals surface area contributed by atoms with E-state index in [9.17, 15) is 4.79 Å². The number of nitrogens with zero attached hydrogens (tertiary/aromatic N) is 1. The van der Waals surface area contributed by atoms with E-state index < -0.39 is 0 Å². The van der Waals surface area contributed by atoms with E-state index in [-0.39, 0.29) is 11.9 Å². The van der Waals surface area contributed by atoms with Crippen LogP contribution in [0.5, 0.6) is 0 Å². The summed E-state index contributed by atoms with van der Waals surface area (Å²) in [6.07, 6.45) is 9.50. The van der Waals surface area contributed by atoms with E-state index in [2.05, 4.69) is 6.26 Å². The van der Waals surface area contributed by atoms with Crippen molar-refractivity contribution >= 4 is 17.7 Å². The smallest absolute Gasteiger partial charge is 0.239 e. The van der Waals surface area contributed by atoms with E-state index in [4.69, 9.17) is 5.73 Å². The lowest BCUT2D eigenvalue weighted by molar-refractivity contribution is -0.135. The van der Waals surface area contributed by atoms with Crippen LogP contribution in [-0.4, -0.2) is 41.9 Å². The van der Waals surface area contributed by atoms with Gasteiger partial charge in [-0.15, -0.1) is 0 Å². The molecular formula is C14H26N2OS. The third-order valence-corrected chi connectivity index (χ3v) is 5.20. The minimum Gasteiger partial charge on any atom is -0.341 e. The zero-order chi connectivity index (χ0) is 13.0. The van der Waals surface area contributed by atoms with Crippen LogP contribution in [-0.2, 0) is 4.79 Å². The molecule has 2 N–H and O–H groups in total. The maximum Gasteiger partial charge on any atom is 0.239 e. The van der Waals surface area contributed by atoms with Crippen LogP contribution in [0.4, 0.5) is 0 Å². The number of likely N-dealkylation sites (tertiary alicyclic amines) is 1. The van der Waals surface area contributed by atoms with Crippen LogP contribution in [0.25, 0.3) is 0 Å². The van der Waals surface area contributed by atoms with Gasteiger partial charge in [0.1, 0.15) is 0 Å². The summed E-state index contributed by atoms with van der Waals surface area (Å²) in [7, 11) is 0. The fourth-order valence-corrected chi connectivity index (χ4v) is 3.89. The molecule has 0 aromatic rings. The average molecular weight is 270 g/mol. The van der Waals surface area contributed by atoms with Crippen LogP contribution < -0.4 is 5.73 Å². The Hall–Kier alpha value is -0.220. The molecule has 1 aliphatic carbocycles. The van der Waals surface area contributed by atoms with Crippen molar-refractivity contribution in [2.45, 2.75) is 44.6 Å². The van der Waals surface area contributed by atoms with E-state index in [1.165, 1.54) is 32.1 Å². The van der Waals surface area contributed by atoms with Gasteiger partial charge in [0.15, 0.2) is 0 Å². The number of carbonyl (C=O) groups is 1. The van der Waals surface area contributed by atoms with Crippen LogP contribution >= 0.6 is 11.8 Å². The molecule has 1 heterocycles. The normalized spacial score (nSPS) is 29.8. The summed E-state index contributed by atoms with van der Waals surface area (Å²) in [5.41, 5.74) is 6.00. The Morgan fingerprint density at radius 2 is 2.06 bits per heavy atom. The van der Waals surface area contributed by atoms with Crippen LogP contribution in [0.2, 0.25) is 0 Å². The zero-order valence-corrected chi connectivity index (χ0v) is 12.3. The molecule has 1 amide bonds. The molecule has 0 aromatic carbocycles. The van der Waals surface area contributed by atoms with Crippen molar-refractivity contribution in [2.24, 2.45) is 17.6 Å². The highest BCUT2D eigenvalue weighted by Crippen LogP contribution is 2.36. The molecule has 2 rings (SSSR count). The maximum atomic E-state index is 12.3. The first-order valence-electron chi connectivity index (χ1n) is 7.25. The van der Waals surface area contributed by atoms with Gasteiger partial charge in [0.05, 0.1) is 6.04 Å². The number of nitrogens with two attached hydrogens (primary N) is 1. The fraction of sp³-hybridized carbons (Fsp3) is 0.929. The number of carbonyl (C=O) groups excluding carboxylic acids is 1. The minimum absolute atomic E-state index is 0.188. The van der Waals surface area contributed by atoms with Gasteiger partial charge in [-0.25, -0.2) is 0 Å². The Morgan fingerprint density at radius 1 is 1.33 bits per heavy atom. The highest BCUT2D eigenvalue weighted by Gasteiger charge is 2.34. The SMILES string of the molecule is CSCC[C@H](N)C(=O)N1CCC2CCCCC2C1. The van der Waals surface area contributed by atoms with Gasteiger partial charge in [-0.3, -0.25) is 4.79 Å². The predicted octanol–water partition coefficient (Wildman–Crippen LogP) is 2.11. The molecule has 0 aromatic heterocycles. The van der Waals surface area contributed by atoms with Crippen molar-refractivity contribution < 1.29 is 4.79 Å². The second-order valence-electron chi connectivity index (χ2n) is 5.77. The maximum absolute atomic E-state index is 12.3. The molecule has 3 atom stereocenters. The van der Waals surface area contributed by atoms with Gasteiger partial charge in [0, 0.05) is 13.1 Å². The molecule has 2 aliphatic rings. The molecule has 3 nitrogen and oxygen atoms in total. The Labute approximate surface area is 115 Å². The number of hydrogen-bond donors (Lipinski definition) is 1. The topological polar surface area (TPSA) is 46.3 Å². The van der Waals surface area contributed by atoms with Crippen molar-refractivity contribution in [1.82, 2.24) is 4.90 Å². The van der Waals surface area contributed by atoms with Crippen LogP contribution in [0, 0.1) is 11.8 Å². The molecule has 104 valence electrons. The van der Waals surface area contributed by atoms with E-state index in [0.717, 1.165) is 37.1 Å². The lowest BCUT2D eigenvalue weighted by Crippen LogP contribution is -2.50. The number of hydrogen-bond acceptors (Lipinski definition) is 3. The number of rotatable bonds is 4. The highest BCUT2D eigenvalue weighted by atomic mass is 32.2. The molecule has 2 fully saturated rings. The van der Waals surface area contributed by atoms with Crippen molar-refractivity contribution in [3.8, 4) is 0 Å². The molecule has 2 unspecified atom stereocenters. The zero-order valence-electron chi connectivity index (χ0n) is 11.4. The number of piperidine rings is 1. The summed E-state index contributed by atoms with van der Waals surface area (Å²) in [6, 6.07) is -0.280. The Morgan fingerprint density at radius 3 is 2.78 bits per heavy atom. The van der Waals surface area contributed by atoms with Gasteiger partial charge in [-0.05, 0) is 43.1 Å². The second kappa shape index (κ2) is 6.80. The fourth-order valence-electron chi connectivity index (χ4n) is 3.40. The molecular weight excluding hydrogens is 244 g/mol. The quantitative estimate of drug-likeness (QED) is 0.851.